The molecule has 7 heteroatoms. The summed E-state index contributed by atoms with van der Waals surface area (Å²) >= 11 is 0. The first-order chi connectivity index (χ1) is 8.02. The molecule has 0 spiro atoms. The van der Waals surface area contributed by atoms with Gasteiger partial charge in [-0.25, -0.2) is 4.98 Å². The van der Waals surface area contributed by atoms with Crippen LogP contribution >= 0.6 is 0 Å². The molecule has 94 valence electrons. The van der Waals surface area contributed by atoms with Crippen LogP contribution < -0.4 is 5.32 Å². The number of H-pyrrole nitrogens is 1. The van der Waals surface area contributed by atoms with Crippen molar-refractivity contribution in [3.05, 3.63) is 11.6 Å². The molecule has 17 heavy (non-hydrogen) atoms. The quantitative estimate of drug-likeness (QED) is 0.664. The van der Waals surface area contributed by atoms with Crippen molar-refractivity contribution in [2.45, 2.75) is 26.7 Å². The zero-order valence-corrected chi connectivity index (χ0v) is 9.86. The second-order valence-corrected chi connectivity index (χ2v) is 3.83. The molecule has 0 saturated carbocycles. The molecule has 1 atom stereocenters. The Hall–Kier alpha value is -1.92. The molecule has 1 unspecified atom stereocenters. The maximum absolute atomic E-state index is 11.6. The Morgan fingerprint density at radius 3 is 2.71 bits per heavy atom. The molecule has 3 N–H and O–H groups in total. The van der Waals surface area contributed by atoms with E-state index in [1.165, 1.54) is 0 Å². The van der Waals surface area contributed by atoms with Crippen LogP contribution in [0.2, 0.25) is 0 Å². The number of aliphatic carboxylic acids is 1. The number of nitrogens with zero attached hydrogens (tertiary/aromatic N) is 2. The van der Waals surface area contributed by atoms with Crippen molar-refractivity contribution < 1.29 is 14.7 Å². The van der Waals surface area contributed by atoms with Crippen molar-refractivity contribution in [1.29, 1.82) is 0 Å². The molecule has 1 amide bonds. The highest BCUT2D eigenvalue weighted by atomic mass is 16.4. The van der Waals surface area contributed by atoms with Crippen molar-refractivity contribution >= 4 is 11.9 Å². The van der Waals surface area contributed by atoms with E-state index in [1.807, 2.05) is 6.92 Å². The van der Waals surface area contributed by atoms with E-state index in [2.05, 4.69) is 20.5 Å². The number of hydrogen-bond donors (Lipinski definition) is 3. The zero-order valence-electron chi connectivity index (χ0n) is 9.86. The van der Waals surface area contributed by atoms with Gasteiger partial charge in [0.05, 0.1) is 0 Å². The van der Waals surface area contributed by atoms with Crippen LogP contribution in [-0.4, -0.2) is 38.7 Å². The molecule has 0 fully saturated rings. The van der Waals surface area contributed by atoms with Crippen LogP contribution in [0.5, 0.6) is 0 Å². The molecule has 0 aliphatic heterocycles. The number of rotatable bonds is 6. The lowest BCUT2D eigenvalue weighted by molar-refractivity contribution is -0.138. The Morgan fingerprint density at radius 2 is 2.24 bits per heavy atom. The van der Waals surface area contributed by atoms with Crippen LogP contribution in [0.4, 0.5) is 0 Å². The monoisotopic (exact) mass is 240 g/mol. The highest BCUT2D eigenvalue weighted by molar-refractivity contribution is 5.90. The highest BCUT2D eigenvalue weighted by Crippen LogP contribution is 2.06. The molecule has 1 aromatic rings. The normalized spacial score (nSPS) is 12.1. The van der Waals surface area contributed by atoms with E-state index in [0.29, 0.717) is 18.8 Å². The lowest BCUT2D eigenvalue weighted by Gasteiger charge is -2.12. The topological polar surface area (TPSA) is 108 Å². The second-order valence-electron chi connectivity index (χ2n) is 3.83. The van der Waals surface area contributed by atoms with Crippen LogP contribution in [0, 0.1) is 12.8 Å². The molecule has 7 nitrogen and oxygen atoms in total. The van der Waals surface area contributed by atoms with Crippen LogP contribution in [0.15, 0.2) is 0 Å². The molecule has 1 heterocycles. The van der Waals surface area contributed by atoms with Gasteiger partial charge in [-0.05, 0) is 12.8 Å². The van der Waals surface area contributed by atoms with Gasteiger partial charge in [0.25, 0.3) is 5.91 Å². The molecular formula is C10H16N4O3. The predicted octanol–water partition coefficient (Wildman–Crippen LogP) is 0.344. The molecule has 0 aliphatic carbocycles. The number of carboxylic acid groups (broad SMARTS) is 1. The third kappa shape index (κ3) is 4.21. The number of amides is 1. The summed E-state index contributed by atoms with van der Waals surface area (Å²) in [6.07, 6.45) is 0.739. The van der Waals surface area contributed by atoms with Crippen molar-refractivity contribution in [2.24, 2.45) is 5.92 Å². The number of aromatic amines is 1. The van der Waals surface area contributed by atoms with Gasteiger partial charge in [-0.15, -0.1) is 5.10 Å². The van der Waals surface area contributed by atoms with E-state index >= 15 is 0 Å². The van der Waals surface area contributed by atoms with Gasteiger partial charge < -0.3 is 10.4 Å². The fourth-order valence-corrected chi connectivity index (χ4v) is 1.37. The number of aryl methyl sites for hydroxylation is 1. The smallest absolute Gasteiger partial charge is 0.303 e. The summed E-state index contributed by atoms with van der Waals surface area (Å²) < 4.78 is 0. The Kier molecular flexibility index (Phi) is 4.62. The first-order valence-corrected chi connectivity index (χ1v) is 5.42. The summed E-state index contributed by atoms with van der Waals surface area (Å²) in [5.41, 5.74) is 0. The minimum atomic E-state index is -0.861. The summed E-state index contributed by atoms with van der Waals surface area (Å²) in [7, 11) is 0. The third-order valence-electron chi connectivity index (χ3n) is 2.39. The van der Waals surface area contributed by atoms with Gasteiger partial charge in [-0.2, -0.15) is 0 Å². The molecule has 0 radical (unpaired) electrons. The van der Waals surface area contributed by atoms with Gasteiger partial charge >= 0.3 is 5.97 Å². The van der Waals surface area contributed by atoms with Gasteiger partial charge in [0.15, 0.2) is 0 Å². The average molecular weight is 240 g/mol. The van der Waals surface area contributed by atoms with Crippen molar-refractivity contribution in [3.63, 3.8) is 0 Å². The number of carbonyl (C=O) groups excluding carboxylic acids is 1. The van der Waals surface area contributed by atoms with Crippen molar-refractivity contribution in [3.8, 4) is 0 Å². The molecule has 1 rings (SSSR count). The van der Waals surface area contributed by atoms with Crippen molar-refractivity contribution in [2.75, 3.05) is 6.54 Å². The Balaban J connectivity index is 2.44. The highest BCUT2D eigenvalue weighted by Gasteiger charge is 2.15. The summed E-state index contributed by atoms with van der Waals surface area (Å²) in [6.45, 7) is 3.90. The molecule has 0 saturated heterocycles. The number of carbonyl (C=O) groups is 2. The number of nitrogens with one attached hydrogen (secondary N) is 2. The van der Waals surface area contributed by atoms with Gasteiger partial charge in [0.2, 0.25) is 5.82 Å². The van der Waals surface area contributed by atoms with E-state index in [4.69, 9.17) is 5.11 Å². The molecule has 0 aliphatic rings. The van der Waals surface area contributed by atoms with E-state index in [0.717, 1.165) is 0 Å². The molecule has 1 aromatic heterocycles. The maximum Gasteiger partial charge on any atom is 0.303 e. The molecular weight excluding hydrogens is 224 g/mol. The van der Waals surface area contributed by atoms with E-state index in [9.17, 15) is 9.59 Å². The van der Waals surface area contributed by atoms with Gasteiger partial charge in [0.1, 0.15) is 5.82 Å². The van der Waals surface area contributed by atoms with Crippen LogP contribution in [-0.2, 0) is 4.79 Å². The minimum Gasteiger partial charge on any atom is -0.481 e. The third-order valence-corrected chi connectivity index (χ3v) is 2.39. The van der Waals surface area contributed by atoms with E-state index in [1.54, 1.807) is 6.92 Å². The summed E-state index contributed by atoms with van der Waals surface area (Å²) in [5.74, 6) is -0.685. The Morgan fingerprint density at radius 1 is 1.53 bits per heavy atom. The lowest BCUT2D eigenvalue weighted by Crippen LogP contribution is -2.30. The Labute approximate surface area is 98.6 Å². The fourth-order valence-electron chi connectivity index (χ4n) is 1.37. The van der Waals surface area contributed by atoms with Gasteiger partial charge in [0, 0.05) is 13.0 Å². The average Bonchev–Trinajstić information content (AvgIpc) is 2.70. The largest absolute Gasteiger partial charge is 0.481 e. The first-order valence-electron chi connectivity index (χ1n) is 5.42. The number of carboxylic acids is 1. The fraction of sp³-hybridized carbons (Fsp3) is 0.600. The SMILES string of the molecule is CCC(CNC(=O)c1n[nH]c(C)n1)CC(=O)O. The van der Waals surface area contributed by atoms with Crippen molar-refractivity contribution in [1.82, 2.24) is 20.5 Å². The first kappa shape index (κ1) is 13.1. The Bertz CT molecular complexity index is 402. The lowest BCUT2D eigenvalue weighted by atomic mass is 10.0. The number of aromatic nitrogens is 3. The summed E-state index contributed by atoms with van der Waals surface area (Å²) in [4.78, 5) is 26.0. The van der Waals surface area contributed by atoms with E-state index < -0.39 is 11.9 Å². The zero-order chi connectivity index (χ0) is 12.8. The second kappa shape index (κ2) is 5.97. The predicted molar refractivity (Wildman–Crippen MR) is 59.5 cm³/mol. The summed E-state index contributed by atoms with van der Waals surface area (Å²) in [6, 6.07) is 0. The standard InChI is InChI=1S/C10H16N4O3/c1-3-7(4-8(15)16)5-11-10(17)9-12-6(2)13-14-9/h7H,3-5H2,1-2H3,(H,11,17)(H,15,16)(H,12,13,14). The van der Waals surface area contributed by atoms with Crippen LogP contribution in [0.1, 0.15) is 36.2 Å². The minimum absolute atomic E-state index is 0.0454. The van der Waals surface area contributed by atoms with Crippen LogP contribution in [0.3, 0.4) is 0 Å². The van der Waals surface area contributed by atoms with Gasteiger partial charge in [-0.1, -0.05) is 13.3 Å². The maximum atomic E-state index is 11.6. The van der Waals surface area contributed by atoms with E-state index in [-0.39, 0.29) is 18.2 Å². The number of hydrogen-bond acceptors (Lipinski definition) is 4. The van der Waals surface area contributed by atoms with Crippen LogP contribution in [0.25, 0.3) is 0 Å². The summed E-state index contributed by atoms with van der Waals surface area (Å²) in [5, 5.41) is 17.6. The van der Waals surface area contributed by atoms with Gasteiger partial charge in [-0.3, -0.25) is 14.7 Å². The molecule has 0 aromatic carbocycles. The molecule has 0 bridgehead atoms.